The molecule has 2 atom stereocenters. The van der Waals surface area contributed by atoms with Gasteiger partial charge in [-0.3, -0.25) is 0 Å². The van der Waals surface area contributed by atoms with Crippen LogP contribution in [0.2, 0.25) is 0 Å². The first-order valence-electron chi connectivity index (χ1n) is 5.84. The van der Waals surface area contributed by atoms with E-state index in [-0.39, 0.29) is 65.7 Å². The van der Waals surface area contributed by atoms with E-state index in [0.29, 0.717) is 16.2 Å². The van der Waals surface area contributed by atoms with Crippen molar-refractivity contribution in [2.24, 2.45) is 0 Å². The van der Waals surface area contributed by atoms with Crippen LogP contribution in [-0.2, 0) is 19.5 Å². The third kappa shape index (κ3) is 3.75. The van der Waals surface area contributed by atoms with Gasteiger partial charge in [0.2, 0.25) is 10.4 Å². The molecule has 2 aliphatic rings. The van der Waals surface area contributed by atoms with Crippen molar-refractivity contribution >= 4 is 22.4 Å². The first-order valence-corrected chi connectivity index (χ1v) is 7.18. The van der Waals surface area contributed by atoms with E-state index in [0.717, 1.165) is 4.90 Å². The van der Waals surface area contributed by atoms with Crippen molar-refractivity contribution in [1.29, 1.82) is 0 Å². The number of hydrogen-bond donors (Lipinski definition) is 0. The Bertz CT molecular complexity index is 742. The van der Waals surface area contributed by atoms with Gasteiger partial charge in [-0.1, -0.05) is 24.3 Å². The molecular weight excluding hydrogens is 350 g/mol. The summed E-state index contributed by atoms with van der Waals surface area (Å²) in [5.41, 5.74) is 0.703. The molecule has 1 fully saturated rings. The number of carboxylic acids is 1. The number of hydroxylamine groups is 2. The molecule has 3 rings (SSSR count). The summed E-state index contributed by atoms with van der Waals surface area (Å²) < 4.78 is 36.3. The molecule has 0 spiro atoms. The average molecular weight is 358 g/mol. The Morgan fingerprint density at radius 3 is 2.30 bits per heavy atom. The molecule has 0 N–H and O–H groups in total. The average Bonchev–Trinajstić information content (AvgIpc) is 2.64. The molecule has 0 radical (unpaired) electrons. The normalized spacial score (nSPS) is 22.0. The molecule has 0 aromatic heterocycles. The molecular formula is C11H8N2Na2O7S. The number of hydrogen-bond acceptors (Lipinski definition) is 7. The van der Waals surface area contributed by atoms with Crippen molar-refractivity contribution in [3.8, 4) is 0 Å². The van der Waals surface area contributed by atoms with Gasteiger partial charge in [-0.2, -0.15) is 9.35 Å². The smallest absolute Gasteiger partial charge is 0.724 e. The Morgan fingerprint density at radius 1 is 1.22 bits per heavy atom. The zero-order chi connectivity index (χ0) is 15.4. The van der Waals surface area contributed by atoms with Crippen LogP contribution in [0.3, 0.4) is 0 Å². The predicted molar refractivity (Wildman–Crippen MR) is 61.7 cm³/mol. The van der Waals surface area contributed by atoms with Gasteiger partial charge in [-0.15, -0.1) is 0 Å². The zero-order valence-corrected chi connectivity index (χ0v) is 17.1. The molecule has 2 bridgehead atoms. The molecule has 12 heteroatoms. The van der Waals surface area contributed by atoms with Gasteiger partial charge < -0.3 is 19.4 Å². The Hall–Kier alpha value is -0.170. The summed E-state index contributed by atoms with van der Waals surface area (Å²) >= 11 is 0. The van der Waals surface area contributed by atoms with Crippen LogP contribution in [0, 0.1) is 0 Å². The van der Waals surface area contributed by atoms with Crippen molar-refractivity contribution < 1.29 is 91.1 Å². The fourth-order valence-electron chi connectivity index (χ4n) is 2.71. The molecule has 0 aliphatic carbocycles. The minimum Gasteiger partial charge on any atom is -0.724 e. The van der Waals surface area contributed by atoms with Crippen LogP contribution < -0.4 is 64.2 Å². The van der Waals surface area contributed by atoms with Gasteiger partial charge in [0, 0.05) is 0 Å². The number of urea groups is 1. The van der Waals surface area contributed by atoms with Crippen LogP contribution in [0.25, 0.3) is 0 Å². The van der Waals surface area contributed by atoms with E-state index in [1.54, 1.807) is 18.2 Å². The molecule has 2 amide bonds. The van der Waals surface area contributed by atoms with Crippen molar-refractivity contribution in [3.63, 3.8) is 0 Å². The second kappa shape index (κ2) is 7.38. The largest absolute Gasteiger partial charge is 1.00 e. The van der Waals surface area contributed by atoms with Gasteiger partial charge in [0.1, 0.15) is 6.04 Å². The number of aliphatic carboxylic acids is 1. The predicted octanol–water partition coefficient (Wildman–Crippen LogP) is -7.33. The van der Waals surface area contributed by atoms with Gasteiger partial charge in [0.25, 0.3) is 0 Å². The summed E-state index contributed by atoms with van der Waals surface area (Å²) in [6.45, 7) is -0.107. The topological polar surface area (TPSA) is 130 Å². The molecule has 1 aromatic rings. The molecule has 23 heavy (non-hydrogen) atoms. The number of fused-ring (bicyclic) bond motifs is 4. The van der Waals surface area contributed by atoms with E-state index in [2.05, 4.69) is 4.28 Å². The van der Waals surface area contributed by atoms with Gasteiger partial charge in [0.05, 0.1) is 18.6 Å². The summed E-state index contributed by atoms with van der Waals surface area (Å²) in [6, 6.07) is 3.00. The number of benzene rings is 1. The first kappa shape index (κ1) is 20.9. The fraction of sp³-hybridized carbons (Fsp3) is 0.273. The number of carbonyl (C=O) groups excluding carboxylic acids is 2. The van der Waals surface area contributed by atoms with Crippen molar-refractivity contribution in [2.45, 2.75) is 12.1 Å². The molecule has 112 valence electrons. The van der Waals surface area contributed by atoms with Gasteiger partial charge in [-0.25, -0.2) is 13.2 Å². The second-order valence-corrected chi connectivity index (χ2v) is 5.58. The van der Waals surface area contributed by atoms with Crippen LogP contribution in [-0.4, -0.2) is 41.5 Å². The van der Waals surface area contributed by atoms with E-state index in [9.17, 15) is 27.7 Å². The Kier molecular flexibility index (Phi) is 6.70. The van der Waals surface area contributed by atoms with Gasteiger partial charge >= 0.3 is 65.1 Å². The third-order valence-corrected chi connectivity index (χ3v) is 3.79. The Labute approximate surface area is 176 Å². The molecule has 1 saturated heterocycles. The molecule has 9 nitrogen and oxygen atoms in total. The quantitative estimate of drug-likeness (QED) is 0.298. The second-order valence-electron chi connectivity index (χ2n) is 4.61. The van der Waals surface area contributed by atoms with Crippen LogP contribution in [0.1, 0.15) is 23.2 Å². The zero-order valence-electron chi connectivity index (χ0n) is 12.3. The third-order valence-electron chi connectivity index (χ3n) is 3.44. The Morgan fingerprint density at radius 2 is 1.78 bits per heavy atom. The number of carboxylic acid groups (broad SMARTS) is 1. The standard InChI is InChI=1S/C11H10N2O7S.2Na/c14-10(15)9-7-4-2-1-3-6(7)8-5-12(9)11(16)13(8)20-21(17,18)19;;/h1-4,8-9H,5H2,(H,14,15)(H,17,18,19);;/q;2*+1/p-2/t8-,9+;;/m0../s1. The van der Waals surface area contributed by atoms with Crippen molar-refractivity contribution in [2.75, 3.05) is 6.54 Å². The number of nitrogens with zero attached hydrogens (tertiary/aromatic N) is 2. The minimum absolute atomic E-state index is 0. The van der Waals surface area contributed by atoms with E-state index < -0.39 is 34.5 Å². The summed E-state index contributed by atoms with van der Waals surface area (Å²) in [5, 5.41) is 11.7. The molecule has 0 unspecified atom stereocenters. The van der Waals surface area contributed by atoms with Gasteiger partial charge in [-0.05, 0) is 11.1 Å². The molecule has 0 saturated carbocycles. The summed E-state index contributed by atoms with van der Waals surface area (Å²) in [7, 11) is -5.15. The van der Waals surface area contributed by atoms with E-state index in [1.807, 2.05) is 0 Å². The monoisotopic (exact) mass is 358 g/mol. The molecule has 2 heterocycles. The van der Waals surface area contributed by atoms with E-state index >= 15 is 0 Å². The number of rotatable bonds is 3. The van der Waals surface area contributed by atoms with Crippen molar-refractivity contribution in [3.05, 3.63) is 35.4 Å². The van der Waals surface area contributed by atoms with Crippen LogP contribution in [0.15, 0.2) is 24.3 Å². The summed E-state index contributed by atoms with van der Waals surface area (Å²) in [6.07, 6.45) is 0. The van der Waals surface area contributed by atoms with Crippen LogP contribution in [0.4, 0.5) is 4.79 Å². The maximum absolute atomic E-state index is 12.1. The Balaban J connectivity index is 0.00000132. The van der Waals surface area contributed by atoms with E-state index in [1.165, 1.54) is 6.07 Å². The molecule has 2 aliphatic heterocycles. The fourth-order valence-corrected chi connectivity index (χ4v) is 3.07. The maximum atomic E-state index is 12.1. The first-order chi connectivity index (χ1) is 9.79. The summed E-state index contributed by atoms with van der Waals surface area (Å²) in [4.78, 5) is 24.3. The van der Waals surface area contributed by atoms with Crippen LogP contribution >= 0.6 is 0 Å². The van der Waals surface area contributed by atoms with Crippen LogP contribution in [0.5, 0.6) is 0 Å². The van der Waals surface area contributed by atoms with Crippen molar-refractivity contribution in [1.82, 2.24) is 9.96 Å². The number of carbonyl (C=O) groups is 2. The molecule has 1 aromatic carbocycles. The van der Waals surface area contributed by atoms with Gasteiger partial charge in [0.15, 0.2) is 0 Å². The maximum Gasteiger partial charge on any atom is 1.00 e. The summed E-state index contributed by atoms with van der Waals surface area (Å²) in [5.74, 6) is -1.50. The number of amides is 2. The minimum atomic E-state index is -5.15. The SMILES string of the molecule is O=C([O-])[C@H]1c2ccccc2[C@@H]2CN1C(=O)N2OS(=O)(=O)[O-].[Na+].[Na+]. The van der Waals surface area contributed by atoms with E-state index in [4.69, 9.17) is 0 Å².